The van der Waals surface area contributed by atoms with Crippen molar-refractivity contribution in [3.05, 3.63) is 41.7 Å². The van der Waals surface area contributed by atoms with E-state index in [1.54, 1.807) is 4.68 Å². The Morgan fingerprint density at radius 2 is 1.94 bits per heavy atom. The van der Waals surface area contributed by atoms with Crippen LogP contribution >= 0.6 is 0 Å². The maximum absolute atomic E-state index is 11.7. The average Bonchev–Trinajstić information content (AvgIpc) is 2.82. The van der Waals surface area contributed by atoms with Crippen LogP contribution in [0.25, 0.3) is 5.69 Å². The van der Waals surface area contributed by atoms with E-state index in [0.717, 1.165) is 17.8 Å². The molecule has 0 spiro atoms. The Morgan fingerprint density at radius 1 is 1.24 bits per heavy atom. The van der Waals surface area contributed by atoms with Crippen LogP contribution in [0, 0.1) is 0 Å². The van der Waals surface area contributed by atoms with E-state index in [4.69, 9.17) is 0 Å². The number of para-hydroxylation sites is 1. The summed E-state index contributed by atoms with van der Waals surface area (Å²) in [4.78, 5) is 11.7. The molecule has 4 nitrogen and oxygen atoms in total. The molecular formula is C13H15N3O. The lowest BCUT2D eigenvalue weighted by atomic mass is 10.1. The van der Waals surface area contributed by atoms with Gasteiger partial charge in [0.25, 0.3) is 0 Å². The molecule has 0 radical (unpaired) electrons. The van der Waals surface area contributed by atoms with E-state index in [1.165, 1.54) is 0 Å². The zero-order valence-corrected chi connectivity index (χ0v) is 10.1. The van der Waals surface area contributed by atoms with E-state index < -0.39 is 0 Å². The Morgan fingerprint density at radius 3 is 2.53 bits per heavy atom. The summed E-state index contributed by atoms with van der Waals surface area (Å²) in [5, 5.41) is 8.07. The molecule has 4 heteroatoms. The molecule has 0 aliphatic heterocycles. The molecule has 0 atom stereocenters. The molecule has 0 aliphatic rings. The van der Waals surface area contributed by atoms with Crippen LogP contribution < -0.4 is 0 Å². The Kier molecular flexibility index (Phi) is 3.32. The second-order valence-electron chi connectivity index (χ2n) is 3.76. The largest absolute Gasteiger partial charge is 0.292 e. The summed E-state index contributed by atoms with van der Waals surface area (Å²) in [6.07, 6.45) is 1.20. The standard InChI is InChI=1S/C13H15N3O/c1-3-11-13(12(17)4-2)14-15-16(11)10-8-6-5-7-9-10/h5-9H,3-4H2,1-2H3. The van der Waals surface area contributed by atoms with Gasteiger partial charge in [-0.1, -0.05) is 37.3 Å². The van der Waals surface area contributed by atoms with Crippen LogP contribution in [0.5, 0.6) is 0 Å². The first-order chi connectivity index (χ1) is 8.27. The van der Waals surface area contributed by atoms with Gasteiger partial charge in [0, 0.05) is 6.42 Å². The molecule has 0 saturated heterocycles. The van der Waals surface area contributed by atoms with Gasteiger partial charge in [0.15, 0.2) is 11.5 Å². The van der Waals surface area contributed by atoms with Crippen LogP contribution in [0.15, 0.2) is 30.3 Å². The van der Waals surface area contributed by atoms with E-state index in [9.17, 15) is 4.79 Å². The third-order valence-corrected chi connectivity index (χ3v) is 2.68. The van der Waals surface area contributed by atoms with E-state index in [1.807, 2.05) is 44.2 Å². The van der Waals surface area contributed by atoms with Gasteiger partial charge >= 0.3 is 0 Å². The van der Waals surface area contributed by atoms with E-state index in [-0.39, 0.29) is 5.78 Å². The predicted octanol–water partition coefficient (Wildman–Crippen LogP) is 2.42. The van der Waals surface area contributed by atoms with Gasteiger partial charge in [-0.3, -0.25) is 4.79 Å². The van der Waals surface area contributed by atoms with Crippen LogP contribution in [0.2, 0.25) is 0 Å². The van der Waals surface area contributed by atoms with Crippen LogP contribution in [0.4, 0.5) is 0 Å². The number of hydrogen-bond acceptors (Lipinski definition) is 3. The number of benzene rings is 1. The number of carbonyl (C=O) groups excluding carboxylic acids is 1. The second kappa shape index (κ2) is 4.91. The molecule has 0 unspecified atom stereocenters. The fraction of sp³-hybridized carbons (Fsp3) is 0.308. The van der Waals surface area contributed by atoms with Crippen molar-refractivity contribution < 1.29 is 4.79 Å². The fourth-order valence-electron chi connectivity index (χ4n) is 1.78. The molecule has 0 bridgehead atoms. The lowest BCUT2D eigenvalue weighted by Gasteiger charge is -2.04. The smallest absolute Gasteiger partial charge is 0.184 e. The van der Waals surface area contributed by atoms with Crippen LogP contribution in [0.1, 0.15) is 36.5 Å². The number of carbonyl (C=O) groups is 1. The number of nitrogens with zero attached hydrogens (tertiary/aromatic N) is 3. The molecule has 0 aliphatic carbocycles. The topological polar surface area (TPSA) is 47.8 Å². The van der Waals surface area contributed by atoms with Crippen molar-refractivity contribution >= 4 is 5.78 Å². The summed E-state index contributed by atoms with van der Waals surface area (Å²) in [6.45, 7) is 3.84. The molecule has 17 heavy (non-hydrogen) atoms. The summed E-state index contributed by atoms with van der Waals surface area (Å²) in [5.74, 6) is 0.0454. The molecule has 0 N–H and O–H groups in total. The molecule has 0 saturated carbocycles. The first-order valence-corrected chi connectivity index (χ1v) is 5.81. The number of rotatable bonds is 4. The number of hydrogen-bond donors (Lipinski definition) is 0. The Bertz CT molecular complexity index is 517. The molecule has 1 aromatic carbocycles. The zero-order chi connectivity index (χ0) is 12.3. The van der Waals surface area contributed by atoms with Crippen LogP contribution in [-0.4, -0.2) is 20.8 Å². The molecule has 1 heterocycles. The number of ketones is 1. The Labute approximate surface area is 100 Å². The van der Waals surface area contributed by atoms with E-state index in [0.29, 0.717) is 12.1 Å². The van der Waals surface area contributed by atoms with Crippen molar-refractivity contribution in [1.29, 1.82) is 0 Å². The predicted molar refractivity (Wildman–Crippen MR) is 65.4 cm³/mol. The van der Waals surface area contributed by atoms with Crippen molar-refractivity contribution in [2.45, 2.75) is 26.7 Å². The quantitative estimate of drug-likeness (QED) is 0.756. The molecule has 0 amide bonds. The lowest BCUT2D eigenvalue weighted by Crippen LogP contribution is -2.05. The van der Waals surface area contributed by atoms with Gasteiger partial charge in [-0.25, -0.2) is 4.68 Å². The normalized spacial score (nSPS) is 10.5. The Hall–Kier alpha value is -1.97. The van der Waals surface area contributed by atoms with Gasteiger partial charge < -0.3 is 0 Å². The second-order valence-corrected chi connectivity index (χ2v) is 3.76. The summed E-state index contributed by atoms with van der Waals surface area (Å²) in [5.41, 5.74) is 2.31. The molecular weight excluding hydrogens is 214 g/mol. The van der Waals surface area contributed by atoms with Gasteiger partial charge in [0.05, 0.1) is 11.4 Å². The highest BCUT2D eigenvalue weighted by Gasteiger charge is 2.17. The summed E-state index contributed by atoms with van der Waals surface area (Å²) >= 11 is 0. The van der Waals surface area contributed by atoms with Crippen molar-refractivity contribution in [2.75, 3.05) is 0 Å². The van der Waals surface area contributed by atoms with Crippen molar-refractivity contribution in [3.8, 4) is 5.69 Å². The Balaban J connectivity index is 2.50. The monoisotopic (exact) mass is 229 g/mol. The van der Waals surface area contributed by atoms with Gasteiger partial charge in [0.1, 0.15) is 0 Å². The first kappa shape index (κ1) is 11.5. The van der Waals surface area contributed by atoms with E-state index in [2.05, 4.69) is 10.3 Å². The third-order valence-electron chi connectivity index (χ3n) is 2.68. The first-order valence-electron chi connectivity index (χ1n) is 5.81. The van der Waals surface area contributed by atoms with Gasteiger partial charge in [0.2, 0.25) is 0 Å². The van der Waals surface area contributed by atoms with Crippen LogP contribution in [0.3, 0.4) is 0 Å². The number of Topliss-reactive ketones (excluding diaryl/α,β-unsaturated/α-hetero) is 1. The minimum Gasteiger partial charge on any atom is -0.292 e. The molecule has 2 aromatic rings. The third kappa shape index (κ3) is 2.11. The highest BCUT2D eigenvalue weighted by molar-refractivity contribution is 5.95. The maximum atomic E-state index is 11.7. The van der Waals surface area contributed by atoms with Crippen molar-refractivity contribution in [1.82, 2.24) is 15.0 Å². The number of aromatic nitrogens is 3. The van der Waals surface area contributed by atoms with Gasteiger partial charge in [-0.15, -0.1) is 5.10 Å². The molecule has 1 aromatic heterocycles. The summed E-state index contributed by atoms with van der Waals surface area (Å²) in [7, 11) is 0. The highest BCUT2D eigenvalue weighted by Crippen LogP contribution is 2.14. The minimum absolute atomic E-state index is 0.0454. The van der Waals surface area contributed by atoms with Gasteiger partial charge in [-0.2, -0.15) is 0 Å². The lowest BCUT2D eigenvalue weighted by molar-refractivity contribution is 0.0982. The van der Waals surface area contributed by atoms with Gasteiger partial charge in [-0.05, 0) is 18.6 Å². The maximum Gasteiger partial charge on any atom is 0.184 e. The molecule has 2 rings (SSSR count). The fourth-order valence-corrected chi connectivity index (χ4v) is 1.78. The summed E-state index contributed by atoms with van der Waals surface area (Å²) < 4.78 is 1.74. The minimum atomic E-state index is 0.0454. The average molecular weight is 229 g/mol. The van der Waals surface area contributed by atoms with Crippen molar-refractivity contribution in [2.24, 2.45) is 0 Å². The van der Waals surface area contributed by atoms with Crippen molar-refractivity contribution in [3.63, 3.8) is 0 Å². The van der Waals surface area contributed by atoms with E-state index >= 15 is 0 Å². The van der Waals surface area contributed by atoms with Crippen LogP contribution in [-0.2, 0) is 6.42 Å². The molecule has 88 valence electrons. The SMILES string of the molecule is CCC(=O)c1nnn(-c2ccccc2)c1CC. The zero-order valence-electron chi connectivity index (χ0n) is 10.1. The summed E-state index contributed by atoms with van der Waals surface area (Å²) in [6, 6.07) is 9.74. The highest BCUT2D eigenvalue weighted by atomic mass is 16.1. The molecule has 0 fully saturated rings.